The number of anilines is 1. The van der Waals surface area contributed by atoms with Crippen molar-refractivity contribution in [2.24, 2.45) is 0 Å². The van der Waals surface area contributed by atoms with Gasteiger partial charge in [-0.3, -0.25) is 9.52 Å². The smallest absolute Gasteiger partial charge is 0.261 e. The molecule has 0 aliphatic heterocycles. The first-order chi connectivity index (χ1) is 16.7. The monoisotopic (exact) mass is 502 g/mol. The largest absolute Gasteiger partial charge is 0.493 e. The van der Waals surface area contributed by atoms with E-state index in [0.29, 0.717) is 35.8 Å². The molecule has 35 heavy (non-hydrogen) atoms. The van der Waals surface area contributed by atoms with Crippen LogP contribution in [0.2, 0.25) is 0 Å². The Morgan fingerprint density at radius 1 is 0.914 bits per heavy atom. The van der Waals surface area contributed by atoms with Crippen molar-refractivity contribution in [3.63, 3.8) is 0 Å². The fourth-order valence-electron chi connectivity index (χ4n) is 3.26. The maximum Gasteiger partial charge on any atom is 0.261 e. The first kappa shape index (κ1) is 25.8. The number of carbonyl (C=O) groups excluding carboxylic acids is 1. The van der Waals surface area contributed by atoms with E-state index in [4.69, 9.17) is 14.2 Å². The molecular formula is C25H27FN2O6S. The summed E-state index contributed by atoms with van der Waals surface area (Å²) in [5.41, 5.74) is 1.77. The number of benzene rings is 3. The fraction of sp³-hybridized carbons (Fsp3) is 0.240. The number of carbonyl (C=O) groups is 1. The zero-order valence-electron chi connectivity index (χ0n) is 19.6. The summed E-state index contributed by atoms with van der Waals surface area (Å²) in [5.74, 6) is 0.873. The van der Waals surface area contributed by atoms with Gasteiger partial charge in [0.2, 0.25) is 0 Å². The van der Waals surface area contributed by atoms with Gasteiger partial charge in [-0.25, -0.2) is 12.8 Å². The highest BCUT2D eigenvalue weighted by Gasteiger charge is 2.16. The third-order valence-corrected chi connectivity index (χ3v) is 6.47. The predicted octanol–water partition coefficient (Wildman–Crippen LogP) is 3.69. The summed E-state index contributed by atoms with van der Waals surface area (Å²) in [4.78, 5) is 12.2. The van der Waals surface area contributed by atoms with Crippen LogP contribution in [0.1, 0.15) is 11.1 Å². The molecule has 0 spiro atoms. The van der Waals surface area contributed by atoms with Crippen molar-refractivity contribution in [3.8, 4) is 17.2 Å². The van der Waals surface area contributed by atoms with Crippen molar-refractivity contribution in [1.82, 2.24) is 5.32 Å². The molecule has 8 nitrogen and oxygen atoms in total. The Hall–Kier alpha value is -3.79. The molecule has 0 bridgehead atoms. The van der Waals surface area contributed by atoms with Crippen molar-refractivity contribution < 1.29 is 31.8 Å². The van der Waals surface area contributed by atoms with Gasteiger partial charge in [0.25, 0.3) is 15.9 Å². The van der Waals surface area contributed by atoms with Crippen molar-refractivity contribution in [2.45, 2.75) is 18.2 Å². The highest BCUT2D eigenvalue weighted by Crippen LogP contribution is 2.27. The van der Waals surface area contributed by atoms with Gasteiger partial charge >= 0.3 is 0 Å². The summed E-state index contributed by atoms with van der Waals surface area (Å²) in [6, 6.07) is 14.9. The fourth-order valence-corrected chi connectivity index (χ4v) is 4.40. The summed E-state index contributed by atoms with van der Waals surface area (Å²) >= 11 is 0. The lowest BCUT2D eigenvalue weighted by Crippen LogP contribution is -2.30. The molecule has 0 fully saturated rings. The van der Waals surface area contributed by atoms with E-state index >= 15 is 0 Å². The van der Waals surface area contributed by atoms with Gasteiger partial charge in [0, 0.05) is 12.2 Å². The molecule has 0 aliphatic carbocycles. The number of halogens is 1. The Labute approximate surface area is 204 Å². The topological polar surface area (TPSA) is 103 Å². The molecule has 3 rings (SSSR count). The minimum atomic E-state index is -3.87. The number of ether oxygens (including phenoxy) is 3. The molecule has 186 valence electrons. The normalized spacial score (nSPS) is 11.0. The number of aryl methyl sites for hydroxylation is 1. The van der Waals surface area contributed by atoms with Gasteiger partial charge in [0.1, 0.15) is 11.6 Å². The van der Waals surface area contributed by atoms with Gasteiger partial charge < -0.3 is 19.5 Å². The number of methoxy groups -OCH3 is 2. The molecule has 0 radical (unpaired) electrons. The number of hydrogen-bond donors (Lipinski definition) is 2. The zero-order valence-corrected chi connectivity index (χ0v) is 20.4. The summed E-state index contributed by atoms with van der Waals surface area (Å²) < 4.78 is 56.7. The number of amides is 1. The quantitative estimate of drug-likeness (QED) is 0.415. The van der Waals surface area contributed by atoms with Crippen molar-refractivity contribution >= 4 is 21.6 Å². The summed E-state index contributed by atoms with van der Waals surface area (Å²) in [6.45, 7) is 1.87. The van der Waals surface area contributed by atoms with E-state index in [-0.39, 0.29) is 23.1 Å². The Balaban J connectivity index is 1.51. The Morgan fingerprint density at radius 2 is 1.60 bits per heavy atom. The number of hydrogen-bond acceptors (Lipinski definition) is 6. The molecule has 0 saturated carbocycles. The van der Waals surface area contributed by atoms with Crippen molar-refractivity contribution in [2.75, 3.05) is 32.1 Å². The molecule has 2 N–H and O–H groups in total. The van der Waals surface area contributed by atoms with Gasteiger partial charge in [-0.2, -0.15) is 0 Å². The molecule has 3 aromatic rings. The first-order valence-electron chi connectivity index (χ1n) is 10.7. The van der Waals surface area contributed by atoms with Crippen LogP contribution in [0.15, 0.2) is 65.6 Å². The minimum absolute atomic E-state index is 0.0195. The summed E-state index contributed by atoms with van der Waals surface area (Å²) in [6.07, 6.45) is 0.596. The average molecular weight is 503 g/mol. The SMILES string of the molecule is COc1ccc(CCNC(=O)COc2ccc(S(=O)(=O)Nc3ccc(F)cc3)cc2C)cc1OC. The molecule has 0 aromatic heterocycles. The molecule has 0 saturated heterocycles. The summed E-state index contributed by atoms with van der Waals surface area (Å²) in [5, 5.41) is 2.79. The molecule has 0 aliphatic rings. The van der Waals surface area contributed by atoms with Gasteiger partial charge in [-0.1, -0.05) is 6.07 Å². The second kappa shape index (κ2) is 11.6. The Morgan fingerprint density at radius 3 is 2.26 bits per heavy atom. The maximum absolute atomic E-state index is 13.0. The van der Waals surface area contributed by atoms with E-state index < -0.39 is 15.8 Å². The van der Waals surface area contributed by atoms with Gasteiger partial charge in [0.15, 0.2) is 18.1 Å². The van der Waals surface area contributed by atoms with Crippen LogP contribution in [0.4, 0.5) is 10.1 Å². The molecule has 1 amide bonds. The van der Waals surface area contributed by atoms with Gasteiger partial charge in [0.05, 0.1) is 19.1 Å². The highest BCUT2D eigenvalue weighted by atomic mass is 32.2. The van der Waals surface area contributed by atoms with Crippen molar-refractivity contribution in [3.05, 3.63) is 77.6 Å². The standard InChI is InChI=1S/C25H27FN2O6S/c1-17-14-21(35(30,31)28-20-7-5-19(26)6-8-20)9-11-22(17)34-16-25(29)27-13-12-18-4-10-23(32-2)24(15-18)33-3/h4-11,14-15,28H,12-13,16H2,1-3H3,(H,27,29). The van der Waals surface area contributed by atoms with Crippen LogP contribution >= 0.6 is 0 Å². The zero-order chi connectivity index (χ0) is 25.4. The van der Waals surface area contributed by atoms with E-state index in [9.17, 15) is 17.6 Å². The van der Waals surface area contributed by atoms with Crippen LogP contribution in [-0.4, -0.2) is 41.7 Å². The molecule has 0 unspecified atom stereocenters. The second-order valence-electron chi connectivity index (χ2n) is 7.62. The Bertz CT molecular complexity index is 1280. The lowest BCUT2D eigenvalue weighted by Gasteiger charge is -2.13. The van der Waals surface area contributed by atoms with Gasteiger partial charge in [-0.15, -0.1) is 0 Å². The lowest BCUT2D eigenvalue weighted by molar-refractivity contribution is -0.123. The van der Waals surface area contributed by atoms with Crippen LogP contribution in [0.3, 0.4) is 0 Å². The number of sulfonamides is 1. The second-order valence-corrected chi connectivity index (χ2v) is 9.30. The van der Waals surface area contributed by atoms with Crippen LogP contribution in [0.25, 0.3) is 0 Å². The van der Waals surface area contributed by atoms with E-state index in [1.54, 1.807) is 27.2 Å². The molecule has 0 heterocycles. The van der Waals surface area contributed by atoms with Crippen molar-refractivity contribution in [1.29, 1.82) is 0 Å². The lowest BCUT2D eigenvalue weighted by atomic mass is 10.1. The van der Waals surface area contributed by atoms with Gasteiger partial charge in [-0.05, 0) is 79.1 Å². The molecule has 0 atom stereocenters. The van der Waals surface area contributed by atoms with E-state index in [2.05, 4.69) is 10.0 Å². The van der Waals surface area contributed by atoms with Crippen LogP contribution in [0.5, 0.6) is 17.2 Å². The third-order valence-electron chi connectivity index (χ3n) is 5.10. The number of rotatable bonds is 11. The predicted molar refractivity (Wildman–Crippen MR) is 130 cm³/mol. The van der Waals surface area contributed by atoms with Crippen LogP contribution in [-0.2, 0) is 21.2 Å². The minimum Gasteiger partial charge on any atom is -0.493 e. The molecule has 10 heteroatoms. The van der Waals surface area contributed by atoms with E-state index in [0.717, 1.165) is 5.56 Å². The highest BCUT2D eigenvalue weighted by molar-refractivity contribution is 7.92. The Kier molecular flexibility index (Phi) is 8.53. The molecule has 3 aromatic carbocycles. The van der Waals surface area contributed by atoms with E-state index in [1.807, 2.05) is 12.1 Å². The average Bonchev–Trinajstić information content (AvgIpc) is 2.84. The first-order valence-corrected chi connectivity index (χ1v) is 12.2. The summed E-state index contributed by atoms with van der Waals surface area (Å²) in [7, 11) is -0.740. The van der Waals surface area contributed by atoms with Crippen LogP contribution in [0, 0.1) is 12.7 Å². The number of nitrogens with one attached hydrogen (secondary N) is 2. The van der Waals surface area contributed by atoms with Crippen LogP contribution < -0.4 is 24.2 Å². The van der Waals surface area contributed by atoms with E-state index in [1.165, 1.54) is 42.5 Å². The third kappa shape index (κ3) is 7.10. The maximum atomic E-state index is 13.0. The molecular weight excluding hydrogens is 475 g/mol.